The highest BCUT2D eigenvalue weighted by Gasteiger charge is 2.21. The summed E-state index contributed by atoms with van der Waals surface area (Å²) in [6.07, 6.45) is 0. The number of rotatable bonds is 5. The molecule has 2 aromatic carbocycles. The summed E-state index contributed by atoms with van der Waals surface area (Å²) in [4.78, 5) is 31.7. The van der Waals surface area contributed by atoms with Gasteiger partial charge < -0.3 is 10.2 Å². The summed E-state index contributed by atoms with van der Waals surface area (Å²) >= 11 is 7.63. The van der Waals surface area contributed by atoms with E-state index in [4.69, 9.17) is 11.6 Å². The third kappa shape index (κ3) is 4.39. The molecule has 10 heteroatoms. The SMILES string of the molecule is CN(C)C(=O)c1ccc(Cl)c(NC(=O)c2nc(-c3cccs3)n(-c3cccc(F)c3)n2)c1. The van der Waals surface area contributed by atoms with Gasteiger partial charge in [0.2, 0.25) is 5.82 Å². The molecule has 0 aliphatic heterocycles. The van der Waals surface area contributed by atoms with E-state index in [2.05, 4.69) is 15.4 Å². The number of benzene rings is 2. The zero-order valence-corrected chi connectivity index (χ0v) is 18.6. The standard InChI is InChI=1S/C22H17ClFN5O2S/c1-28(2)22(31)13-8-9-16(23)17(11-13)25-21(30)19-26-20(18-7-4-10-32-18)29(27-19)15-6-3-5-14(24)12-15/h3-12H,1-2H3,(H,25,30). The molecule has 0 bridgehead atoms. The van der Waals surface area contributed by atoms with Crippen molar-refractivity contribution >= 4 is 40.4 Å². The van der Waals surface area contributed by atoms with E-state index in [1.165, 1.54) is 45.2 Å². The molecular formula is C22H17ClFN5O2S. The van der Waals surface area contributed by atoms with E-state index >= 15 is 0 Å². The predicted molar refractivity (Wildman–Crippen MR) is 122 cm³/mol. The molecule has 0 unspecified atom stereocenters. The third-order valence-corrected chi connectivity index (χ3v) is 5.67. The van der Waals surface area contributed by atoms with Crippen LogP contribution in [0.2, 0.25) is 5.02 Å². The fraction of sp³-hybridized carbons (Fsp3) is 0.0909. The van der Waals surface area contributed by atoms with Gasteiger partial charge in [0.15, 0.2) is 5.82 Å². The summed E-state index contributed by atoms with van der Waals surface area (Å²) in [5.41, 5.74) is 1.05. The number of nitrogens with zero attached hydrogens (tertiary/aromatic N) is 4. The van der Waals surface area contributed by atoms with Gasteiger partial charge in [0, 0.05) is 19.7 Å². The van der Waals surface area contributed by atoms with Crippen molar-refractivity contribution < 1.29 is 14.0 Å². The Labute approximate surface area is 192 Å². The second-order valence-corrected chi connectivity index (χ2v) is 8.33. The Hall–Kier alpha value is -3.56. The van der Waals surface area contributed by atoms with Crippen LogP contribution >= 0.6 is 22.9 Å². The van der Waals surface area contributed by atoms with E-state index in [1.54, 1.807) is 32.3 Å². The zero-order chi connectivity index (χ0) is 22.8. The number of amides is 2. The number of hydrogen-bond acceptors (Lipinski definition) is 5. The van der Waals surface area contributed by atoms with Crippen LogP contribution in [0.3, 0.4) is 0 Å². The first-order valence-corrected chi connectivity index (χ1v) is 10.7. The summed E-state index contributed by atoms with van der Waals surface area (Å²) in [5, 5.41) is 9.09. The summed E-state index contributed by atoms with van der Waals surface area (Å²) in [6, 6.07) is 14.1. The lowest BCUT2D eigenvalue weighted by atomic mass is 10.2. The Morgan fingerprint density at radius 1 is 1.12 bits per heavy atom. The summed E-state index contributed by atoms with van der Waals surface area (Å²) in [7, 11) is 3.26. The van der Waals surface area contributed by atoms with Crippen LogP contribution < -0.4 is 5.32 Å². The molecule has 0 aliphatic rings. The molecule has 2 amide bonds. The number of halogens is 2. The smallest absolute Gasteiger partial charge is 0.295 e. The molecule has 2 aromatic heterocycles. The fourth-order valence-corrected chi connectivity index (χ4v) is 3.82. The Bertz CT molecular complexity index is 1300. The molecule has 1 N–H and O–H groups in total. The van der Waals surface area contributed by atoms with Crippen LogP contribution in [-0.4, -0.2) is 45.6 Å². The molecule has 0 fully saturated rings. The van der Waals surface area contributed by atoms with E-state index in [-0.39, 0.29) is 22.4 Å². The highest BCUT2D eigenvalue weighted by Crippen LogP contribution is 2.27. The zero-order valence-electron chi connectivity index (χ0n) is 17.0. The molecule has 2 heterocycles. The average molecular weight is 470 g/mol. The number of carbonyl (C=O) groups is 2. The van der Waals surface area contributed by atoms with Gasteiger partial charge in [0.05, 0.1) is 21.3 Å². The van der Waals surface area contributed by atoms with E-state index in [0.717, 1.165) is 4.88 Å². The molecular weight excluding hydrogens is 453 g/mol. The van der Waals surface area contributed by atoms with E-state index in [9.17, 15) is 14.0 Å². The maximum absolute atomic E-state index is 13.8. The van der Waals surface area contributed by atoms with Gasteiger partial charge in [-0.05, 0) is 47.8 Å². The average Bonchev–Trinajstić information content (AvgIpc) is 3.44. The molecule has 0 spiro atoms. The number of thiophene rings is 1. The van der Waals surface area contributed by atoms with Gasteiger partial charge in [-0.3, -0.25) is 9.59 Å². The van der Waals surface area contributed by atoms with Gasteiger partial charge in [0.1, 0.15) is 5.82 Å². The molecule has 162 valence electrons. The number of carbonyl (C=O) groups excluding carboxylic acids is 2. The Kier molecular flexibility index (Phi) is 6.02. The molecule has 0 saturated heterocycles. The van der Waals surface area contributed by atoms with Crippen LogP contribution in [0, 0.1) is 5.82 Å². The maximum atomic E-state index is 13.8. The lowest BCUT2D eigenvalue weighted by Crippen LogP contribution is -2.22. The Morgan fingerprint density at radius 3 is 2.62 bits per heavy atom. The first kappa shape index (κ1) is 21.7. The van der Waals surface area contributed by atoms with Crippen molar-refractivity contribution in [3.05, 3.63) is 82.2 Å². The minimum atomic E-state index is -0.616. The van der Waals surface area contributed by atoms with Crippen LogP contribution in [0.15, 0.2) is 60.0 Å². The minimum Gasteiger partial charge on any atom is -0.345 e. The van der Waals surface area contributed by atoms with Gasteiger partial charge in [-0.2, -0.15) is 0 Å². The third-order valence-electron chi connectivity index (χ3n) is 4.47. The van der Waals surface area contributed by atoms with Crippen LogP contribution in [-0.2, 0) is 0 Å². The number of aromatic nitrogens is 3. The second kappa shape index (κ2) is 8.89. The van der Waals surface area contributed by atoms with Gasteiger partial charge in [-0.15, -0.1) is 16.4 Å². The van der Waals surface area contributed by atoms with Crippen LogP contribution in [0.4, 0.5) is 10.1 Å². The Morgan fingerprint density at radius 2 is 1.94 bits per heavy atom. The van der Waals surface area contributed by atoms with Crippen LogP contribution in [0.25, 0.3) is 16.4 Å². The highest BCUT2D eigenvalue weighted by atomic mass is 35.5. The highest BCUT2D eigenvalue weighted by molar-refractivity contribution is 7.13. The van der Waals surface area contributed by atoms with Gasteiger partial charge in [-0.1, -0.05) is 23.7 Å². The predicted octanol–water partition coefficient (Wildman–Crippen LogP) is 4.74. The lowest BCUT2D eigenvalue weighted by Gasteiger charge is -2.12. The van der Waals surface area contributed by atoms with Crippen molar-refractivity contribution in [1.82, 2.24) is 19.7 Å². The maximum Gasteiger partial charge on any atom is 0.295 e. The van der Waals surface area contributed by atoms with Crippen molar-refractivity contribution in [3.63, 3.8) is 0 Å². The summed E-state index contributed by atoms with van der Waals surface area (Å²) in [6.45, 7) is 0. The topological polar surface area (TPSA) is 80.1 Å². The van der Waals surface area contributed by atoms with Gasteiger partial charge in [-0.25, -0.2) is 14.1 Å². The van der Waals surface area contributed by atoms with Crippen LogP contribution in [0.1, 0.15) is 21.0 Å². The van der Waals surface area contributed by atoms with Crippen LogP contribution in [0.5, 0.6) is 0 Å². The van der Waals surface area contributed by atoms with E-state index in [0.29, 0.717) is 17.1 Å². The molecule has 0 atom stereocenters. The first-order valence-electron chi connectivity index (χ1n) is 9.43. The van der Waals surface area contributed by atoms with Crippen molar-refractivity contribution in [2.24, 2.45) is 0 Å². The van der Waals surface area contributed by atoms with E-state index < -0.39 is 11.7 Å². The van der Waals surface area contributed by atoms with Crippen molar-refractivity contribution in [2.75, 3.05) is 19.4 Å². The van der Waals surface area contributed by atoms with Gasteiger partial charge in [0.25, 0.3) is 11.8 Å². The summed E-state index contributed by atoms with van der Waals surface area (Å²) in [5.74, 6) is -1.01. The molecule has 0 aliphatic carbocycles. The fourth-order valence-electron chi connectivity index (χ4n) is 2.95. The molecule has 0 radical (unpaired) electrons. The number of hydrogen-bond donors (Lipinski definition) is 1. The molecule has 7 nitrogen and oxygen atoms in total. The van der Waals surface area contributed by atoms with Crippen molar-refractivity contribution in [1.29, 1.82) is 0 Å². The minimum absolute atomic E-state index is 0.127. The quantitative estimate of drug-likeness (QED) is 0.457. The van der Waals surface area contributed by atoms with Gasteiger partial charge >= 0.3 is 0 Å². The van der Waals surface area contributed by atoms with Crippen molar-refractivity contribution in [3.8, 4) is 16.4 Å². The lowest BCUT2D eigenvalue weighted by molar-refractivity contribution is 0.0827. The molecule has 0 saturated carbocycles. The largest absolute Gasteiger partial charge is 0.345 e. The molecule has 32 heavy (non-hydrogen) atoms. The monoisotopic (exact) mass is 469 g/mol. The Balaban J connectivity index is 1.70. The second-order valence-electron chi connectivity index (χ2n) is 6.98. The molecule has 4 aromatic rings. The van der Waals surface area contributed by atoms with E-state index in [1.807, 2.05) is 17.5 Å². The van der Waals surface area contributed by atoms with Crippen molar-refractivity contribution in [2.45, 2.75) is 0 Å². The molecule has 4 rings (SSSR count). The first-order chi connectivity index (χ1) is 15.3. The summed E-state index contributed by atoms with van der Waals surface area (Å²) < 4.78 is 15.2. The normalized spacial score (nSPS) is 10.8. The number of nitrogens with one attached hydrogen (secondary N) is 1. The number of anilines is 1.